The van der Waals surface area contributed by atoms with Crippen LogP contribution in [0, 0.1) is 0 Å². The van der Waals surface area contributed by atoms with Crippen molar-refractivity contribution in [3.8, 4) is 5.75 Å². The standard InChI is InChI=1S/C25H20ClF3N2O2/c1-16(17-6-3-2-4-7-17)30-22-15-23(18-8-5-9-19(26)14-18)31(24(22)32)20-10-12-21(13-11-20)33-25(27,28)29/h2-14,16,23H,15H2,1H3/t16-,23+/m1/s1. The van der Waals surface area contributed by atoms with Crippen molar-refractivity contribution in [3.05, 3.63) is 95.0 Å². The summed E-state index contributed by atoms with van der Waals surface area (Å²) in [5.41, 5.74) is 2.62. The maximum absolute atomic E-state index is 13.4. The lowest BCUT2D eigenvalue weighted by molar-refractivity contribution is -0.274. The lowest BCUT2D eigenvalue weighted by atomic mass is 10.0. The second-order valence-electron chi connectivity index (χ2n) is 7.65. The molecule has 2 atom stereocenters. The number of amides is 1. The van der Waals surface area contributed by atoms with Crippen molar-refractivity contribution >= 4 is 28.9 Å². The van der Waals surface area contributed by atoms with Gasteiger partial charge in [-0.2, -0.15) is 0 Å². The van der Waals surface area contributed by atoms with Crippen molar-refractivity contribution in [2.24, 2.45) is 4.99 Å². The minimum Gasteiger partial charge on any atom is -0.406 e. The van der Waals surface area contributed by atoms with Crippen molar-refractivity contribution in [2.45, 2.75) is 31.8 Å². The molecule has 33 heavy (non-hydrogen) atoms. The van der Waals surface area contributed by atoms with Gasteiger partial charge in [0.05, 0.1) is 12.1 Å². The number of rotatable bonds is 5. The molecule has 4 nitrogen and oxygen atoms in total. The molecule has 1 aliphatic heterocycles. The summed E-state index contributed by atoms with van der Waals surface area (Å²) in [4.78, 5) is 19.6. The van der Waals surface area contributed by atoms with Gasteiger partial charge in [0, 0.05) is 17.1 Å². The number of hydrogen-bond donors (Lipinski definition) is 0. The first-order chi connectivity index (χ1) is 15.7. The summed E-state index contributed by atoms with van der Waals surface area (Å²) in [5, 5.41) is 0.525. The van der Waals surface area contributed by atoms with Crippen LogP contribution in [-0.2, 0) is 4.79 Å². The molecule has 3 aromatic carbocycles. The molecule has 0 bridgehead atoms. The van der Waals surface area contributed by atoms with Crippen molar-refractivity contribution in [2.75, 3.05) is 4.90 Å². The van der Waals surface area contributed by atoms with E-state index in [2.05, 4.69) is 9.73 Å². The maximum Gasteiger partial charge on any atom is 0.573 e. The number of benzene rings is 3. The molecule has 0 saturated carbocycles. The normalized spacial score (nSPS) is 18.6. The van der Waals surface area contributed by atoms with E-state index in [9.17, 15) is 18.0 Å². The average Bonchev–Trinajstić information content (AvgIpc) is 3.10. The Hall–Kier alpha value is -3.32. The van der Waals surface area contributed by atoms with Gasteiger partial charge in [0.25, 0.3) is 5.91 Å². The number of ether oxygens (including phenoxy) is 1. The molecular weight excluding hydrogens is 453 g/mol. The molecule has 0 N–H and O–H groups in total. The Morgan fingerprint density at radius 3 is 2.36 bits per heavy atom. The highest BCUT2D eigenvalue weighted by molar-refractivity contribution is 6.46. The van der Waals surface area contributed by atoms with Crippen LogP contribution >= 0.6 is 11.6 Å². The Morgan fingerprint density at radius 2 is 1.73 bits per heavy atom. The predicted molar refractivity (Wildman–Crippen MR) is 122 cm³/mol. The highest BCUT2D eigenvalue weighted by atomic mass is 35.5. The van der Waals surface area contributed by atoms with Crippen molar-refractivity contribution in [3.63, 3.8) is 0 Å². The fourth-order valence-corrected chi connectivity index (χ4v) is 4.08. The highest BCUT2D eigenvalue weighted by Crippen LogP contribution is 2.38. The topological polar surface area (TPSA) is 41.9 Å². The van der Waals surface area contributed by atoms with Crippen LogP contribution in [0.4, 0.5) is 18.9 Å². The van der Waals surface area contributed by atoms with E-state index >= 15 is 0 Å². The molecule has 0 aliphatic carbocycles. The number of anilines is 1. The zero-order valence-corrected chi connectivity index (χ0v) is 18.3. The number of carbonyl (C=O) groups excluding carboxylic acids is 1. The first-order valence-corrected chi connectivity index (χ1v) is 10.7. The van der Waals surface area contributed by atoms with Crippen LogP contribution in [0.3, 0.4) is 0 Å². The van der Waals surface area contributed by atoms with E-state index in [1.54, 1.807) is 23.1 Å². The fourth-order valence-electron chi connectivity index (χ4n) is 3.88. The number of carbonyl (C=O) groups is 1. The first kappa shape index (κ1) is 22.9. The van der Waals surface area contributed by atoms with Gasteiger partial charge in [-0.3, -0.25) is 14.7 Å². The second-order valence-corrected chi connectivity index (χ2v) is 8.09. The number of nitrogens with zero attached hydrogens (tertiary/aromatic N) is 2. The number of hydrogen-bond acceptors (Lipinski definition) is 3. The second kappa shape index (κ2) is 9.27. The number of aliphatic imine (C=N–C) groups is 1. The van der Waals surface area contributed by atoms with Crippen LogP contribution in [-0.4, -0.2) is 18.0 Å². The first-order valence-electron chi connectivity index (χ1n) is 10.3. The molecule has 1 aliphatic rings. The van der Waals surface area contributed by atoms with Crippen LogP contribution in [0.5, 0.6) is 5.75 Å². The van der Waals surface area contributed by atoms with Gasteiger partial charge in [-0.05, 0) is 54.4 Å². The molecule has 0 unspecified atom stereocenters. The van der Waals surface area contributed by atoms with E-state index in [-0.39, 0.29) is 17.7 Å². The van der Waals surface area contributed by atoms with Crippen LogP contribution in [0.15, 0.2) is 83.9 Å². The van der Waals surface area contributed by atoms with Crippen molar-refractivity contribution < 1.29 is 22.7 Å². The summed E-state index contributed by atoms with van der Waals surface area (Å²) in [6.07, 6.45) is -4.45. The lowest BCUT2D eigenvalue weighted by Crippen LogP contribution is -2.29. The van der Waals surface area contributed by atoms with Crippen LogP contribution < -0.4 is 9.64 Å². The smallest absolute Gasteiger partial charge is 0.406 e. The van der Waals surface area contributed by atoms with Gasteiger partial charge >= 0.3 is 6.36 Å². The van der Waals surface area contributed by atoms with Crippen LogP contribution in [0.25, 0.3) is 0 Å². The average molecular weight is 473 g/mol. The zero-order valence-electron chi connectivity index (χ0n) is 17.6. The Labute approximate surface area is 194 Å². The third-order valence-electron chi connectivity index (χ3n) is 5.38. The van der Waals surface area contributed by atoms with Gasteiger partial charge in [0.2, 0.25) is 0 Å². The Kier molecular flexibility index (Phi) is 6.42. The maximum atomic E-state index is 13.4. The third kappa shape index (κ3) is 5.37. The Balaban J connectivity index is 1.69. The molecule has 170 valence electrons. The van der Waals surface area contributed by atoms with Gasteiger partial charge in [-0.25, -0.2) is 0 Å². The monoisotopic (exact) mass is 472 g/mol. The molecule has 1 saturated heterocycles. The Bertz CT molecular complexity index is 1160. The van der Waals surface area contributed by atoms with Crippen molar-refractivity contribution in [1.29, 1.82) is 0 Å². The fraction of sp³-hybridized carbons (Fsp3) is 0.200. The van der Waals surface area contributed by atoms with Crippen molar-refractivity contribution in [1.82, 2.24) is 0 Å². The number of alkyl halides is 3. The predicted octanol–water partition coefficient (Wildman–Crippen LogP) is 6.92. The largest absolute Gasteiger partial charge is 0.573 e. The van der Waals surface area contributed by atoms with E-state index in [1.165, 1.54) is 24.3 Å². The van der Waals surface area contributed by atoms with Gasteiger partial charge in [-0.1, -0.05) is 54.1 Å². The summed E-state index contributed by atoms with van der Waals surface area (Å²) in [6, 6.07) is 21.4. The van der Waals surface area contributed by atoms with Gasteiger partial charge in [-0.15, -0.1) is 13.2 Å². The minimum absolute atomic E-state index is 0.229. The minimum atomic E-state index is -4.79. The lowest BCUT2D eigenvalue weighted by Gasteiger charge is -2.25. The van der Waals surface area contributed by atoms with E-state index in [0.29, 0.717) is 22.8 Å². The van der Waals surface area contributed by atoms with Crippen LogP contribution in [0.1, 0.15) is 36.6 Å². The van der Waals surface area contributed by atoms with E-state index in [0.717, 1.165) is 11.1 Å². The number of halogens is 4. The highest BCUT2D eigenvalue weighted by Gasteiger charge is 2.39. The molecule has 4 rings (SSSR count). The molecule has 1 fully saturated rings. The summed E-state index contributed by atoms with van der Waals surface area (Å²) in [5.74, 6) is -0.656. The third-order valence-corrected chi connectivity index (χ3v) is 5.61. The SMILES string of the molecule is C[C@@H](N=C1C[C@@H](c2cccc(Cl)c2)N(c2ccc(OC(F)(F)F)cc2)C1=O)c1ccccc1. The molecule has 8 heteroatoms. The molecule has 3 aromatic rings. The molecule has 1 amide bonds. The van der Waals surface area contributed by atoms with E-state index < -0.39 is 12.4 Å². The molecular formula is C25H20ClF3N2O2. The summed E-state index contributed by atoms with van der Waals surface area (Å²) in [7, 11) is 0. The zero-order chi connectivity index (χ0) is 23.6. The summed E-state index contributed by atoms with van der Waals surface area (Å²) in [6.45, 7) is 1.91. The van der Waals surface area contributed by atoms with Gasteiger partial charge < -0.3 is 4.74 Å². The summed E-state index contributed by atoms with van der Waals surface area (Å²) >= 11 is 6.18. The molecule has 0 aromatic heterocycles. The molecule has 1 heterocycles. The molecule has 0 radical (unpaired) electrons. The Morgan fingerprint density at radius 1 is 1.03 bits per heavy atom. The quantitative estimate of drug-likeness (QED) is 0.404. The van der Waals surface area contributed by atoms with Crippen LogP contribution in [0.2, 0.25) is 5.02 Å². The molecule has 0 spiro atoms. The van der Waals surface area contributed by atoms with E-state index in [1.807, 2.05) is 43.3 Å². The van der Waals surface area contributed by atoms with Gasteiger partial charge in [0.15, 0.2) is 0 Å². The summed E-state index contributed by atoms with van der Waals surface area (Å²) < 4.78 is 41.5. The van der Waals surface area contributed by atoms with Gasteiger partial charge in [0.1, 0.15) is 11.5 Å². The van der Waals surface area contributed by atoms with E-state index in [4.69, 9.17) is 11.6 Å².